The van der Waals surface area contributed by atoms with Crippen LogP contribution in [-0.2, 0) is 0 Å². The molecule has 0 aromatic rings. The fourth-order valence-electron chi connectivity index (χ4n) is 1.28. The molecule has 0 aromatic carbocycles. The zero-order chi connectivity index (χ0) is 8.43. The molecule has 0 N–H and O–H groups in total. The Morgan fingerprint density at radius 2 is 2.27 bits per heavy atom. The number of halogens is 1. The van der Waals surface area contributed by atoms with Gasteiger partial charge in [0.15, 0.2) is 0 Å². The van der Waals surface area contributed by atoms with Crippen molar-refractivity contribution in [2.24, 2.45) is 0 Å². The van der Waals surface area contributed by atoms with Crippen molar-refractivity contribution in [3.05, 3.63) is 11.4 Å². The highest BCUT2D eigenvalue weighted by Crippen LogP contribution is 2.23. The molecule has 0 aliphatic carbocycles. The molecule has 0 saturated heterocycles. The summed E-state index contributed by atoms with van der Waals surface area (Å²) in [6.45, 7) is 5.36. The Hall–Kier alpha value is -0.370. The summed E-state index contributed by atoms with van der Waals surface area (Å²) in [4.78, 5) is 4.32. The highest BCUT2D eigenvalue weighted by Gasteiger charge is 2.23. The van der Waals surface area contributed by atoms with Gasteiger partial charge in [-0.05, 0) is 13.3 Å². The van der Waals surface area contributed by atoms with Crippen LogP contribution in [0.4, 0.5) is 0 Å². The second-order valence-corrected chi connectivity index (χ2v) is 3.33. The molecule has 11 heavy (non-hydrogen) atoms. The highest BCUT2D eigenvalue weighted by atomic mass is 35.5. The van der Waals surface area contributed by atoms with Crippen molar-refractivity contribution in [3.63, 3.8) is 0 Å². The maximum atomic E-state index is 5.99. The minimum Gasteiger partial charge on any atom is -0.358 e. The fourth-order valence-corrected chi connectivity index (χ4v) is 1.66. The zero-order valence-electron chi connectivity index (χ0n) is 7.34. The van der Waals surface area contributed by atoms with Gasteiger partial charge in [-0.15, -0.1) is 0 Å². The summed E-state index contributed by atoms with van der Waals surface area (Å²) in [6.07, 6.45) is 3.53. The quantitative estimate of drug-likeness (QED) is 0.592. The standard InChI is InChI=1S/C8H15ClN2/c1-4-5-11-7(2)10(3)6-8(11)9/h6-7H,4-5H2,1-3H3. The molecular weight excluding hydrogens is 160 g/mol. The van der Waals surface area contributed by atoms with Crippen LogP contribution in [0.25, 0.3) is 0 Å². The Morgan fingerprint density at radius 1 is 1.64 bits per heavy atom. The topological polar surface area (TPSA) is 6.48 Å². The van der Waals surface area contributed by atoms with E-state index in [1.54, 1.807) is 0 Å². The predicted octanol–water partition coefficient (Wildman–Crippen LogP) is 2.03. The van der Waals surface area contributed by atoms with Crippen molar-refractivity contribution in [2.75, 3.05) is 13.6 Å². The van der Waals surface area contributed by atoms with E-state index in [2.05, 4.69) is 23.6 Å². The Balaban J connectivity index is 2.59. The molecule has 1 atom stereocenters. The first-order valence-corrected chi connectivity index (χ1v) is 4.40. The van der Waals surface area contributed by atoms with E-state index in [-0.39, 0.29) is 0 Å². The van der Waals surface area contributed by atoms with Crippen molar-refractivity contribution < 1.29 is 0 Å². The van der Waals surface area contributed by atoms with E-state index in [1.807, 2.05) is 13.2 Å². The second kappa shape index (κ2) is 3.35. The molecule has 0 aromatic heterocycles. The number of nitrogens with zero attached hydrogens (tertiary/aromatic N) is 2. The van der Waals surface area contributed by atoms with Crippen LogP contribution in [-0.4, -0.2) is 29.6 Å². The van der Waals surface area contributed by atoms with Gasteiger partial charge in [-0.3, -0.25) is 0 Å². The van der Waals surface area contributed by atoms with E-state index in [0.29, 0.717) is 6.17 Å². The molecule has 1 heterocycles. The van der Waals surface area contributed by atoms with Crippen LogP contribution >= 0.6 is 11.6 Å². The first-order chi connectivity index (χ1) is 5.16. The van der Waals surface area contributed by atoms with Crippen LogP contribution in [0.1, 0.15) is 20.3 Å². The first kappa shape index (κ1) is 8.72. The number of hydrogen-bond donors (Lipinski definition) is 0. The molecule has 0 bridgehead atoms. The van der Waals surface area contributed by atoms with E-state index in [1.165, 1.54) is 0 Å². The maximum Gasteiger partial charge on any atom is 0.122 e. The minimum absolute atomic E-state index is 0.419. The van der Waals surface area contributed by atoms with E-state index >= 15 is 0 Å². The van der Waals surface area contributed by atoms with Crippen molar-refractivity contribution in [3.8, 4) is 0 Å². The number of rotatable bonds is 2. The molecular formula is C8H15ClN2. The molecule has 1 rings (SSSR count). The third kappa shape index (κ3) is 1.62. The Labute approximate surface area is 73.4 Å². The van der Waals surface area contributed by atoms with Gasteiger partial charge < -0.3 is 9.80 Å². The normalized spacial score (nSPS) is 24.4. The fraction of sp³-hybridized carbons (Fsp3) is 0.750. The summed E-state index contributed by atoms with van der Waals surface area (Å²) in [5, 5.41) is 0.863. The average Bonchev–Trinajstić information content (AvgIpc) is 2.17. The molecule has 0 fully saturated rings. The summed E-state index contributed by atoms with van der Waals surface area (Å²) in [7, 11) is 2.04. The van der Waals surface area contributed by atoms with Crippen molar-refractivity contribution >= 4 is 11.6 Å². The molecule has 0 saturated carbocycles. The average molecular weight is 175 g/mol. The predicted molar refractivity (Wildman–Crippen MR) is 48.2 cm³/mol. The Bertz CT molecular complexity index is 167. The maximum absolute atomic E-state index is 5.99. The van der Waals surface area contributed by atoms with E-state index < -0.39 is 0 Å². The van der Waals surface area contributed by atoms with Gasteiger partial charge in [-0.2, -0.15) is 0 Å². The van der Waals surface area contributed by atoms with Gasteiger partial charge in [0.05, 0.1) is 6.17 Å². The van der Waals surface area contributed by atoms with Gasteiger partial charge in [-0.25, -0.2) is 0 Å². The molecule has 0 amide bonds. The SMILES string of the molecule is CCCN1C(Cl)=CN(C)C1C. The van der Waals surface area contributed by atoms with Crippen LogP contribution in [0.5, 0.6) is 0 Å². The highest BCUT2D eigenvalue weighted by molar-refractivity contribution is 6.29. The number of hydrogen-bond acceptors (Lipinski definition) is 2. The molecule has 1 aliphatic rings. The van der Waals surface area contributed by atoms with E-state index in [4.69, 9.17) is 11.6 Å². The second-order valence-electron chi connectivity index (χ2n) is 2.94. The molecule has 64 valence electrons. The summed E-state index contributed by atoms with van der Waals surface area (Å²) in [6, 6.07) is 0. The summed E-state index contributed by atoms with van der Waals surface area (Å²) in [5.41, 5.74) is 0. The van der Waals surface area contributed by atoms with Crippen molar-refractivity contribution in [1.82, 2.24) is 9.80 Å². The smallest absolute Gasteiger partial charge is 0.122 e. The molecule has 1 aliphatic heterocycles. The van der Waals surface area contributed by atoms with Gasteiger partial charge in [0, 0.05) is 19.8 Å². The lowest BCUT2D eigenvalue weighted by Crippen LogP contribution is -2.34. The third-order valence-electron chi connectivity index (χ3n) is 2.09. The van der Waals surface area contributed by atoms with Crippen LogP contribution in [0.2, 0.25) is 0 Å². The lowest BCUT2D eigenvalue weighted by atomic mass is 10.4. The zero-order valence-corrected chi connectivity index (χ0v) is 8.10. The Kier molecular flexibility index (Phi) is 2.66. The van der Waals surface area contributed by atoms with Crippen LogP contribution < -0.4 is 0 Å². The minimum atomic E-state index is 0.419. The summed E-state index contributed by atoms with van der Waals surface area (Å²) in [5.74, 6) is 0. The first-order valence-electron chi connectivity index (χ1n) is 4.02. The van der Waals surface area contributed by atoms with Gasteiger partial charge in [0.25, 0.3) is 0 Å². The lowest BCUT2D eigenvalue weighted by Gasteiger charge is -2.27. The van der Waals surface area contributed by atoms with Gasteiger partial charge >= 0.3 is 0 Å². The molecule has 0 radical (unpaired) electrons. The monoisotopic (exact) mass is 174 g/mol. The Morgan fingerprint density at radius 3 is 2.64 bits per heavy atom. The van der Waals surface area contributed by atoms with Crippen molar-refractivity contribution in [1.29, 1.82) is 0 Å². The third-order valence-corrected chi connectivity index (χ3v) is 2.40. The van der Waals surface area contributed by atoms with Gasteiger partial charge in [-0.1, -0.05) is 18.5 Å². The van der Waals surface area contributed by atoms with E-state index in [9.17, 15) is 0 Å². The van der Waals surface area contributed by atoms with Crippen LogP contribution in [0.3, 0.4) is 0 Å². The van der Waals surface area contributed by atoms with Crippen molar-refractivity contribution in [2.45, 2.75) is 26.4 Å². The van der Waals surface area contributed by atoms with E-state index in [0.717, 1.165) is 18.1 Å². The lowest BCUT2D eigenvalue weighted by molar-refractivity contribution is 0.192. The van der Waals surface area contributed by atoms with Gasteiger partial charge in [0.2, 0.25) is 0 Å². The summed E-state index contributed by atoms with van der Waals surface area (Å²) < 4.78 is 0. The molecule has 3 heteroatoms. The molecule has 0 spiro atoms. The molecule has 1 unspecified atom stereocenters. The largest absolute Gasteiger partial charge is 0.358 e. The van der Waals surface area contributed by atoms with Gasteiger partial charge in [0.1, 0.15) is 5.16 Å². The van der Waals surface area contributed by atoms with Crippen LogP contribution in [0, 0.1) is 0 Å². The van der Waals surface area contributed by atoms with Crippen LogP contribution in [0.15, 0.2) is 11.4 Å². The molecule has 2 nitrogen and oxygen atoms in total. The summed E-state index contributed by atoms with van der Waals surface area (Å²) >= 11 is 5.99.